The second kappa shape index (κ2) is 9.73. The van der Waals surface area contributed by atoms with Gasteiger partial charge in [-0.2, -0.15) is 0 Å². The summed E-state index contributed by atoms with van der Waals surface area (Å²) in [6.45, 7) is 10.9. The van der Waals surface area contributed by atoms with Crippen LogP contribution in [0.2, 0.25) is 0 Å². The first kappa shape index (κ1) is 20.4. The highest BCUT2D eigenvalue weighted by molar-refractivity contribution is 5.79. The average Bonchev–Trinajstić information content (AvgIpc) is 3.02. The molecule has 28 heavy (non-hydrogen) atoms. The molecule has 2 heterocycles. The van der Waals surface area contributed by atoms with Crippen molar-refractivity contribution in [2.45, 2.75) is 46.7 Å². The van der Waals surface area contributed by atoms with E-state index in [1.807, 2.05) is 13.8 Å². The summed E-state index contributed by atoms with van der Waals surface area (Å²) in [6, 6.07) is 8.89. The number of nitrogens with one attached hydrogen (secondary N) is 2. The van der Waals surface area contributed by atoms with Crippen molar-refractivity contribution in [3.63, 3.8) is 0 Å². The summed E-state index contributed by atoms with van der Waals surface area (Å²) in [6.07, 6.45) is 2.43. The number of rotatable bonds is 6. The molecule has 3 rings (SSSR count). The molecule has 0 unspecified atom stereocenters. The van der Waals surface area contributed by atoms with Crippen LogP contribution in [0, 0.1) is 26.7 Å². The molecule has 2 aromatic rings. The molecule has 0 radical (unpaired) electrons. The highest BCUT2D eigenvalue weighted by Gasteiger charge is 2.19. The van der Waals surface area contributed by atoms with E-state index in [-0.39, 0.29) is 0 Å². The Morgan fingerprint density at radius 1 is 1.14 bits per heavy atom. The van der Waals surface area contributed by atoms with Crippen molar-refractivity contribution in [3.8, 4) is 0 Å². The molecule has 1 saturated heterocycles. The topological polar surface area (TPSA) is 65.7 Å². The van der Waals surface area contributed by atoms with Gasteiger partial charge in [-0.05, 0) is 58.2 Å². The minimum absolute atomic E-state index is 0.545. The third kappa shape index (κ3) is 5.83. The lowest BCUT2D eigenvalue weighted by molar-refractivity contribution is 0.178. The molecule has 1 fully saturated rings. The zero-order valence-corrected chi connectivity index (χ0v) is 17.6. The summed E-state index contributed by atoms with van der Waals surface area (Å²) in [7, 11) is 1.80. The van der Waals surface area contributed by atoms with Crippen molar-refractivity contribution in [1.29, 1.82) is 0 Å². The average molecular weight is 384 g/mol. The maximum atomic E-state index is 5.61. The number of hydrogen-bond acceptors (Lipinski definition) is 4. The van der Waals surface area contributed by atoms with Crippen molar-refractivity contribution in [2.24, 2.45) is 10.9 Å². The zero-order chi connectivity index (χ0) is 19.9. The first-order valence-corrected chi connectivity index (χ1v) is 10.2. The van der Waals surface area contributed by atoms with E-state index in [0.29, 0.717) is 18.4 Å². The van der Waals surface area contributed by atoms with Gasteiger partial charge < -0.3 is 15.1 Å². The molecular formula is C22H33N5O. The number of aromatic nitrogens is 1. The van der Waals surface area contributed by atoms with E-state index >= 15 is 0 Å². The molecule has 1 aliphatic rings. The summed E-state index contributed by atoms with van der Waals surface area (Å²) in [5.41, 5.74) is 3.67. The molecule has 0 amide bonds. The van der Waals surface area contributed by atoms with Gasteiger partial charge in [-0.3, -0.25) is 9.89 Å². The Morgan fingerprint density at radius 3 is 2.46 bits per heavy atom. The number of benzene rings is 1. The summed E-state index contributed by atoms with van der Waals surface area (Å²) in [4.78, 5) is 11.3. The molecule has 1 aliphatic heterocycles. The number of aryl methyl sites for hydroxylation is 3. The van der Waals surface area contributed by atoms with Gasteiger partial charge in [0, 0.05) is 20.1 Å². The Morgan fingerprint density at radius 2 is 1.86 bits per heavy atom. The van der Waals surface area contributed by atoms with Crippen molar-refractivity contribution >= 4 is 5.96 Å². The summed E-state index contributed by atoms with van der Waals surface area (Å²) < 4.78 is 5.61. The van der Waals surface area contributed by atoms with Crippen LogP contribution in [0.25, 0.3) is 0 Å². The van der Waals surface area contributed by atoms with Crippen LogP contribution in [-0.2, 0) is 13.1 Å². The van der Waals surface area contributed by atoms with Gasteiger partial charge in [-0.1, -0.05) is 29.8 Å². The largest absolute Gasteiger partial charge is 0.444 e. The molecule has 2 N–H and O–H groups in total. The quantitative estimate of drug-likeness (QED) is 0.592. The monoisotopic (exact) mass is 383 g/mol. The van der Waals surface area contributed by atoms with E-state index in [2.05, 4.69) is 56.7 Å². The fourth-order valence-electron chi connectivity index (χ4n) is 3.54. The van der Waals surface area contributed by atoms with Crippen molar-refractivity contribution < 1.29 is 4.42 Å². The molecule has 0 bridgehead atoms. The maximum absolute atomic E-state index is 5.61. The van der Waals surface area contributed by atoms with E-state index in [4.69, 9.17) is 4.42 Å². The third-order valence-electron chi connectivity index (χ3n) is 5.50. The van der Waals surface area contributed by atoms with Gasteiger partial charge in [0.15, 0.2) is 5.96 Å². The maximum Gasteiger partial charge on any atom is 0.214 e. The number of nitrogens with zero attached hydrogens (tertiary/aromatic N) is 3. The Kier molecular flexibility index (Phi) is 7.09. The molecule has 6 nitrogen and oxygen atoms in total. The fourth-order valence-corrected chi connectivity index (χ4v) is 3.54. The van der Waals surface area contributed by atoms with Crippen LogP contribution >= 0.6 is 0 Å². The van der Waals surface area contributed by atoms with Crippen LogP contribution in [0.5, 0.6) is 0 Å². The molecule has 1 aromatic carbocycles. The Balaban J connectivity index is 1.37. The lowest BCUT2D eigenvalue weighted by Gasteiger charge is -2.32. The van der Waals surface area contributed by atoms with Crippen LogP contribution in [-0.4, -0.2) is 42.5 Å². The number of aliphatic imine (C=N–C) groups is 1. The number of piperidine rings is 1. The number of likely N-dealkylation sites (tertiary alicyclic amines) is 1. The minimum Gasteiger partial charge on any atom is -0.444 e. The number of hydrogen-bond donors (Lipinski definition) is 2. The molecule has 152 valence electrons. The molecule has 6 heteroatoms. The Labute approximate surface area is 168 Å². The van der Waals surface area contributed by atoms with E-state index in [9.17, 15) is 0 Å². The summed E-state index contributed by atoms with van der Waals surface area (Å²) >= 11 is 0. The lowest BCUT2D eigenvalue weighted by Crippen LogP contribution is -2.42. The van der Waals surface area contributed by atoms with Crippen LogP contribution in [0.1, 0.15) is 41.3 Å². The molecule has 0 aliphatic carbocycles. The van der Waals surface area contributed by atoms with Gasteiger partial charge in [-0.15, -0.1) is 0 Å². The van der Waals surface area contributed by atoms with Gasteiger partial charge in [-0.25, -0.2) is 4.98 Å². The summed E-state index contributed by atoms with van der Waals surface area (Å²) in [5.74, 6) is 3.05. The fraction of sp³-hybridized carbons (Fsp3) is 0.545. The van der Waals surface area contributed by atoms with Gasteiger partial charge in [0.25, 0.3) is 0 Å². The molecular weight excluding hydrogens is 350 g/mol. The smallest absolute Gasteiger partial charge is 0.214 e. The van der Waals surface area contributed by atoms with Crippen LogP contribution in [0.4, 0.5) is 0 Å². The van der Waals surface area contributed by atoms with E-state index in [1.54, 1.807) is 7.05 Å². The first-order chi connectivity index (χ1) is 13.5. The summed E-state index contributed by atoms with van der Waals surface area (Å²) in [5, 5.41) is 6.74. The van der Waals surface area contributed by atoms with Crippen molar-refractivity contribution in [1.82, 2.24) is 20.5 Å². The van der Waals surface area contributed by atoms with Crippen LogP contribution in [0.15, 0.2) is 33.7 Å². The molecule has 0 spiro atoms. The highest BCUT2D eigenvalue weighted by Crippen LogP contribution is 2.18. The van der Waals surface area contributed by atoms with E-state index in [0.717, 1.165) is 43.6 Å². The van der Waals surface area contributed by atoms with Crippen molar-refractivity contribution in [3.05, 3.63) is 52.7 Å². The number of guanidine groups is 1. The number of oxazole rings is 1. The first-order valence-electron chi connectivity index (χ1n) is 10.2. The molecule has 0 saturated carbocycles. The van der Waals surface area contributed by atoms with Gasteiger partial charge in [0.2, 0.25) is 5.89 Å². The van der Waals surface area contributed by atoms with Gasteiger partial charge in [0.1, 0.15) is 5.76 Å². The third-order valence-corrected chi connectivity index (χ3v) is 5.50. The Hall–Kier alpha value is -2.34. The molecule has 1 aromatic heterocycles. The second-order valence-corrected chi connectivity index (χ2v) is 7.76. The second-order valence-electron chi connectivity index (χ2n) is 7.76. The lowest BCUT2D eigenvalue weighted by atomic mass is 9.96. The SMILES string of the molecule is CN=C(NCc1nc(C)c(C)o1)NCC1CCN(Cc2ccc(C)cc2)CC1. The predicted molar refractivity (Wildman–Crippen MR) is 113 cm³/mol. The van der Waals surface area contributed by atoms with Gasteiger partial charge in [0.05, 0.1) is 12.2 Å². The standard InChI is InChI=1S/C22H33N5O/c1-16-5-7-20(8-6-16)15-27-11-9-19(10-12-27)13-24-22(23-4)25-14-21-26-17(2)18(3)28-21/h5-8,19H,9-15H2,1-4H3,(H2,23,24,25). The van der Waals surface area contributed by atoms with Gasteiger partial charge >= 0.3 is 0 Å². The minimum atomic E-state index is 0.545. The van der Waals surface area contributed by atoms with Crippen LogP contribution < -0.4 is 10.6 Å². The van der Waals surface area contributed by atoms with E-state index in [1.165, 1.54) is 24.0 Å². The zero-order valence-electron chi connectivity index (χ0n) is 17.6. The Bertz CT molecular complexity index is 753. The normalized spacial score (nSPS) is 16.4. The van der Waals surface area contributed by atoms with Crippen molar-refractivity contribution in [2.75, 3.05) is 26.7 Å². The molecule has 0 atom stereocenters. The van der Waals surface area contributed by atoms with Crippen LogP contribution in [0.3, 0.4) is 0 Å². The highest BCUT2D eigenvalue weighted by atomic mass is 16.4. The van der Waals surface area contributed by atoms with E-state index < -0.39 is 0 Å². The predicted octanol–water partition coefficient (Wildman–Crippen LogP) is 3.18.